The smallest absolute Gasteiger partial charge is 0.230 e. The molecule has 0 unspecified atom stereocenters. The van der Waals surface area contributed by atoms with E-state index in [4.69, 9.17) is 0 Å². The Morgan fingerprint density at radius 3 is 2.14 bits per heavy atom. The minimum atomic E-state index is -0.423. The molecule has 1 aromatic heterocycles. The van der Waals surface area contributed by atoms with Gasteiger partial charge in [-0.15, -0.1) is 10.2 Å². The molecule has 0 bridgehead atoms. The number of benzene rings is 2. The predicted molar refractivity (Wildman–Crippen MR) is 105 cm³/mol. The lowest BCUT2D eigenvalue weighted by Gasteiger charge is -2.08. The number of hydrogen-bond donors (Lipinski definition) is 3. The first kappa shape index (κ1) is 19.0. The predicted octanol–water partition coefficient (Wildman–Crippen LogP) is 3.50. The first-order chi connectivity index (χ1) is 13.5. The van der Waals surface area contributed by atoms with Crippen LogP contribution in [0.5, 0.6) is 0 Å². The molecule has 1 heterocycles. The average molecular weight is 379 g/mol. The number of anilines is 4. The molecule has 0 saturated heterocycles. The van der Waals surface area contributed by atoms with Gasteiger partial charge in [0.25, 0.3) is 0 Å². The Hall–Kier alpha value is -3.81. The molecule has 0 saturated carbocycles. The summed E-state index contributed by atoms with van der Waals surface area (Å²) in [4.78, 5) is 23.1. The van der Waals surface area contributed by atoms with Crippen molar-refractivity contribution in [1.29, 1.82) is 0 Å². The fraction of sp³-hybridized carbons (Fsp3) is 0.100. The molecule has 0 aliphatic rings. The molecule has 0 radical (unpaired) electrons. The Bertz CT molecular complexity index is 975. The van der Waals surface area contributed by atoms with Gasteiger partial charge in [0.1, 0.15) is 5.82 Å². The third-order valence-corrected chi connectivity index (χ3v) is 3.72. The summed E-state index contributed by atoms with van der Waals surface area (Å²) in [6.45, 7) is 1.44. The van der Waals surface area contributed by atoms with Crippen LogP contribution in [-0.4, -0.2) is 22.0 Å². The molecule has 2 aromatic carbocycles. The Balaban J connectivity index is 1.56. The average Bonchev–Trinajstić information content (AvgIpc) is 2.66. The zero-order valence-electron chi connectivity index (χ0n) is 15.1. The number of rotatable bonds is 6. The van der Waals surface area contributed by atoms with E-state index in [-0.39, 0.29) is 24.1 Å². The van der Waals surface area contributed by atoms with Crippen LogP contribution in [0.1, 0.15) is 12.5 Å². The number of carbonyl (C=O) groups is 2. The van der Waals surface area contributed by atoms with Gasteiger partial charge in [0.15, 0.2) is 11.6 Å². The quantitative estimate of drug-likeness (QED) is 0.609. The monoisotopic (exact) mass is 379 g/mol. The molecule has 7 nitrogen and oxygen atoms in total. The second-order valence-corrected chi connectivity index (χ2v) is 6.00. The Labute approximate surface area is 161 Å². The van der Waals surface area contributed by atoms with Gasteiger partial charge >= 0.3 is 0 Å². The first-order valence-electron chi connectivity index (χ1n) is 8.51. The normalized spacial score (nSPS) is 10.2. The van der Waals surface area contributed by atoms with E-state index in [0.717, 1.165) is 5.69 Å². The number of aromatic nitrogens is 2. The number of carbonyl (C=O) groups excluding carboxylic acids is 2. The first-order valence-corrected chi connectivity index (χ1v) is 8.51. The molecule has 142 valence electrons. The van der Waals surface area contributed by atoms with E-state index >= 15 is 0 Å². The molecule has 0 atom stereocenters. The maximum atomic E-state index is 13.6. The van der Waals surface area contributed by atoms with Gasteiger partial charge in [-0.3, -0.25) is 9.59 Å². The second-order valence-electron chi connectivity index (χ2n) is 6.00. The topological polar surface area (TPSA) is 96.0 Å². The highest BCUT2D eigenvalue weighted by atomic mass is 19.1. The van der Waals surface area contributed by atoms with Gasteiger partial charge in [-0.2, -0.15) is 0 Å². The molecular weight excluding hydrogens is 361 g/mol. The maximum Gasteiger partial charge on any atom is 0.230 e. The minimum absolute atomic E-state index is 0.0883. The lowest BCUT2D eigenvalue weighted by molar-refractivity contribution is -0.116. The zero-order valence-corrected chi connectivity index (χ0v) is 15.1. The molecule has 0 fully saturated rings. The molecule has 3 aromatic rings. The highest BCUT2D eigenvalue weighted by molar-refractivity contribution is 5.91. The Morgan fingerprint density at radius 2 is 1.50 bits per heavy atom. The van der Waals surface area contributed by atoms with Crippen molar-refractivity contribution in [3.05, 3.63) is 72.0 Å². The van der Waals surface area contributed by atoms with E-state index in [9.17, 15) is 14.0 Å². The third kappa shape index (κ3) is 5.34. The van der Waals surface area contributed by atoms with Gasteiger partial charge in [-0.1, -0.05) is 18.2 Å². The van der Waals surface area contributed by atoms with Gasteiger partial charge in [0, 0.05) is 18.3 Å². The number of nitrogens with one attached hydrogen (secondary N) is 3. The number of amides is 2. The Kier molecular flexibility index (Phi) is 5.91. The van der Waals surface area contributed by atoms with Crippen LogP contribution in [0.25, 0.3) is 0 Å². The Morgan fingerprint density at radius 1 is 0.857 bits per heavy atom. The van der Waals surface area contributed by atoms with Crippen LogP contribution in [0.2, 0.25) is 0 Å². The maximum absolute atomic E-state index is 13.6. The molecule has 28 heavy (non-hydrogen) atoms. The fourth-order valence-electron chi connectivity index (χ4n) is 2.46. The van der Waals surface area contributed by atoms with E-state index in [1.54, 1.807) is 54.6 Å². The summed E-state index contributed by atoms with van der Waals surface area (Å²) in [5.74, 6) is -0.187. The molecular formula is C20H18FN5O2. The lowest BCUT2D eigenvalue weighted by Crippen LogP contribution is -2.16. The fourth-order valence-corrected chi connectivity index (χ4v) is 2.46. The van der Waals surface area contributed by atoms with Crippen LogP contribution >= 0.6 is 0 Å². The number of hydrogen-bond acceptors (Lipinski definition) is 5. The van der Waals surface area contributed by atoms with Crippen molar-refractivity contribution < 1.29 is 14.0 Å². The standard InChI is InChI=1S/C20H18FN5O2/c1-13(27)22-15-6-8-16(9-7-15)23-18-10-11-19(26-25-18)24-20(28)12-14-4-2-3-5-17(14)21/h2-11H,12H2,1H3,(H,22,27)(H,23,25)(H,24,26,28). The molecule has 8 heteroatoms. The van der Waals surface area contributed by atoms with Crippen LogP contribution in [0.3, 0.4) is 0 Å². The van der Waals surface area contributed by atoms with E-state index in [0.29, 0.717) is 17.1 Å². The van der Waals surface area contributed by atoms with Crippen molar-refractivity contribution in [2.24, 2.45) is 0 Å². The molecule has 0 aliphatic heterocycles. The summed E-state index contributed by atoms with van der Waals surface area (Å²) in [6.07, 6.45) is -0.0883. The molecule has 0 aliphatic carbocycles. The van der Waals surface area contributed by atoms with Crippen LogP contribution in [-0.2, 0) is 16.0 Å². The van der Waals surface area contributed by atoms with Crippen molar-refractivity contribution in [2.75, 3.05) is 16.0 Å². The lowest BCUT2D eigenvalue weighted by atomic mass is 10.1. The zero-order chi connectivity index (χ0) is 19.9. The SMILES string of the molecule is CC(=O)Nc1ccc(Nc2ccc(NC(=O)Cc3ccccc3F)nn2)cc1. The molecule has 0 spiro atoms. The highest BCUT2D eigenvalue weighted by Crippen LogP contribution is 2.18. The van der Waals surface area contributed by atoms with Crippen molar-refractivity contribution in [2.45, 2.75) is 13.3 Å². The second kappa shape index (κ2) is 8.72. The van der Waals surface area contributed by atoms with Gasteiger partial charge in [0.05, 0.1) is 6.42 Å². The van der Waals surface area contributed by atoms with Crippen molar-refractivity contribution >= 4 is 34.8 Å². The van der Waals surface area contributed by atoms with Crippen molar-refractivity contribution in [3.63, 3.8) is 0 Å². The summed E-state index contributed by atoms with van der Waals surface area (Å²) in [5, 5.41) is 16.3. The van der Waals surface area contributed by atoms with Crippen molar-refractivity contribution in [1.82, 2.24) is 10.2 Å². The van der Waals surface area contributed by atoms with E-state index < -0.39 is 5.82 Å². The largest absolute Gasteiger partial charge is 0.339 e. The van der Waals surface area contributed by atoms with Gasteiger partial charge in [-0.05, 0) is 48.0 Å². The molecule has 3 rings (SSSR count). The highest BCUT2D eigenvalue weighted by Gasteiger charge is 2.09. The number of nitrogens with zero attached hydrogens (tertiary/aromatic N) is 2. The summed E-state index contributed by atoms with van der Waals surface area (Å²) in [5.41, 5.74) is 1.77. The van der Waals surface area contributed by atoms with E-state index in [1.807, 2.05) is 0 Å². The minimum Gasteiger partial charge on any atom is -0.339 e. The summed E-state index contributed by atoms with van der Waals surface area (Å²) >= 11 is 0. The van der Waals surface area contributed by atoms with Crippen LogP contribution in [0, 0.1) is 5.82 Å². The van der Waals surface area contributed by atoms with Gasteiger partial charge in [0.2, 0.25) is 11.8 Å². The van der Waals surface area contributed by atoms with E-state index in [2.05, 4.69) is 26.1 Å². The van der Waals surface area contributed by atoms with Gasteiger partial charge in [-0.25, -0.2) is 4.39 Å². The number of halogens is 1. The van der Waals surface area contributed by atoms with Gasteiger partial charge < -0.3 is 16.0 Å². The van der Waals surface area contributed by atoms with E-state index in [1.165, 1.54) is 13.0 Å². The summed E-state index contributed by atoms with van der Waals surface area (Å²) < 4.78 is 13.6. The van der Waals surface area contributed by atoms with Crippen LogP contribution in [0.15, 0.2) is 60.7 Å². The van der Waals surface area contributed by atoms with Crippen molar-refractivity contribution in [3.8, 4) is 0 Å². The third-order valence-electron chi connectivity index (χ3n) is 3.72. The molecule has 2 amide bonds. The van der Waals surface area contributed by atoms with Crippen LogP contribution in [0.4, 0.5) is 27.4 Å². The van der Waals surface area contributed by atoms with Crippen LogP contribution < -0.4 is 16.0 Å². The summed E-state index contributed by atoms with van der Waals surface area (Å²) in [7, 11) is 0. The summed E-state index contributed by atoms with van der Waals surface area (Å²) in [6, 6.07) is 16.5. The molecule has 3 N–H and O–H groups in total.